The van der Waals surface area contributed by atoms with Crippen LogP contribution in [0.25, 0.3) is 0 Å². The molecular weight excluding hydrogens is 154 g/mol. The Kier molecular flexibility index (Phi) is 3.48. The van der Waals surface area contributed by atoms with Gasteiger partial charge in [0, 0.05) is 6.20 Å². The van der Waals surface area contributed by atoms with Crippen molar-refractivity contribution in [2.45, 2.75) is 6.18 Å². The van der Waals surface area contributed by atoms with Gasteiger partial charge in [-0.3, -0.25) is 0 Å². The van der Waals surface area contributed by atoms with Crippen LogP contribution in [0.3, 0.4) is 0 Å². The number of rotatable bonds is 0. The van der Waals surface area contributed by atoms with Crippen molar-refractivity contribution in [2.24, 2.45) is 0 Å². The standard InChI is InChI=1S/C5H4F3N.Na.H/c6-5(7,8)4-2-1-3-9-4;;/h1-3,9H;;. The van der Waals surface area contributed by atoms with E-state index < -0.39 is 11.9 Å². The van der Waals surface area contributed by atoms with Gasteiger partial charge in [0.2, 0.25) is 0 Å². The summed E-state index contributed by atoms with van der Waals surface area (Å²) in [6, 6.07) is 2.29. The van der Waals surface area contributed by atoms with Crippen LogP contribution in [-0.4, -0.2) is 34.5 Å². The molecule has 1 aromatic heterocycles. The monoisotopic (exact) mass is 159 g/mol. The Morgan fingerprint density at radius 3 is 2.10 bits per heavy atom. The molecule has 0 fully saturated rings. The van der Waals surface area contributed by atoms with Crippen LogP contribution in [0.1, 0.15) is 5.69 Å². The molecular formula is C5H5F3NNa. The van der Waals surface area contributed by atoms with Crippen LogP contribution in [0.5, 0.6) is 0 Å². The summed E-state index contributed by atoms with van der Waals surface area (Å²) in [6.07, 6.45) is -2.99. The van der Waals surface area contributed by atoms with E-state index in [1.807, 2.05) is 0 Å². The van der Waals surface area contributed by atoms with Crippen LogP contribution in [-0.2, 0) is 6.18 Å². The minimum absolute atomic E-state index is 0. The average Bonchev–Trinajstić information content (AvgIpc) is 2.08. The van der Waals surface area contributed by atoms with Gasteiger partial charge < -0.3 is 4.98 Å². The van der Waals surface area contributed by atoms with Gasteiger partial charge in [0.05, 0.1) is 0 Å². The van der Waals surface area contributed by atoms with Crippen LogP contribution in [0, 0.1) is 0 Å². The third-order valence-corrected chi connectivity index (χ3v) is 0.903. The Morgan fingerprint density at radius 1 is 1.30 bits per heavy atom. The summed E-state index contributed by atoms with van der Waals surface area (Å²) in [4.78, 5) is 2.05. The van der Waals surface area contributed by atoms with E-state index in [0.717, 1.165) is 6.07 Å². The van der Waals surface area contributed by atoms with Crippen molar-refractivity contribution < 1.29 is 13.2 Å². The summed E-state index contributed by atoms with van der Waals surface area (Å²) in [7, 11) is 0. The molecule has 0 bridgehead atoms. The van der Waals surface area contributed by atoms with Gasteiger partial charge >= 0.3 is 35.7 Å². The third kappa shape index (κ3) is 2.36. The summed E-state index contributed by atoms with van der Waals surface area (Å²) in [6.45, 7) is 0. The van der Waals surface area contributed by atoms with Crippen LogP contribution in [0.2, 0.25) is 0 Å². The number of aromatic nitrogens is 1. The normalized spacial score (nSPS) is 10.7. The van der Waals surface area contributed by atoms with Gasteiger partial charge in [0.15, 0.2) is 0 Å². The summed E-state index contributed by atoms with van der Waals surface area (Å²) in [5.41, 5.74) is -0.706. The van der Waals surface area contributed by atoms with Crippen LogP contribution < -0.4 is 0 Å². The molecule has 0 unspecified atom stereocenters. The summed E-state index contributed by atoms with van der Waals surface area (Å²) in [5, 5.41) is 0. The van der Waals surface area contributed by atoms with Crippen molar-refractivity contribution in [1.82, 2.24) is 4.98 Å². The molecule has 1 nitrogen and oxygen atoms in total. The Bertz CT molecular complexity index is 179. The van der Waals surface area contributed by atoms with Crippen molar-refractivity contribution in [3.8, 4) is 0 Å². The molecule has 1 rings (SSSR count). The van der Waals surface area contributed by atoms with Gasteiger partial charge in [-0.1, -0.05) is 0 Å². The third-order valence-electron chi connectivity index (χ3n) is 0.903. The molecule has 0 radical (unpaired) electrons. The molecule has 0 aliphatic heterocycles. The molecule has 1 heterocycles. The van der Waals surface area contributed by atoms with E-state index >= 15 is 0 Å². The molecule has 1 N–H and O–H groups in total. The Hall–Kier alpha value is 0.0700. The molecule has 0 aliphatic rings. The fourth-order valence-electron chi connectivity index (χ4n) is 0.507. The summed E-state index contributed by atoms with van der Waals surface area (Å²) < 4.78 is 34.8. The second-order valence-corrected chi connectivity index (χ2v) is 1.58. The van der Waals surface area contributed by atoms with E-state index in [0.29, 0.717) is 0 Å². The molecule has 0 aliphatic carbocycles. The SMILES string of the molecule is FC(F)(F)c1ccc[nH]1.[NaH]. The van der Waals surface area contributed by atoms with Crippen molar-refractivity contribution in [3.05, 3.63) is 24.0 Å². The molecule has 0 aromatic carbocycles. The van der Waals surface area contributed by atoms with E-state index in [-0.39, 0.29) is 29.6 Å². The van der Waals surface area contributed by atoms with E-state index in [1.54, 1.807) is 0 Å². The fourth-order valence-corrected chi connectivity index (χ4v) is 0.507. The van der Waals surface area contributed by atoms with Crippen LogP contribution in [0.15, 0.2) is 18.3 Å². The molecule has 0 atom stereocenters. The van der Waals surface area contributed by atoms with Gasteiger partial charge in [-0.05, 0) is 12.1 Å². The first kappa shape index (κ1) is 10.1. The van der Waals surface area contributed by atoms with Gasteiger partial charge in [0.25, 0.3) is 0 Å². The molecule has 1 aromatic rings. The zero-order chi connectivity index (χ0) is 6.91. The number of halogens is 3. The maximum absolute atomic E-state index is 11.6. The summed E-state index contributed by atoms with van der Waals surface area (Å²) >= 11 is 0. The number of nitrogens with one attached hydrogen (secondary N) is 1. The van der Waals surface area contributed by atoms with Crippen molar-refractivity contribution in [1.29, 1.82) is 0 Å². The second-order valence-electron chi connectivity index (χ2n) is 1.58. The predicted octanol–water partition coefficient (Wildman–Crippen LogP) is 1.38. The van der Waals surface area contributed by atoms with E-state index in [9.17, 15) is 13.2 Å². The quantitative estimate of drug-likeness (QED) is 0.550. The number of alkyl halides is 3. The molecule has 0 amide bonds. The van der Waals surface area contributed by atoms with Gasteiger partial charge in [0.1, 0.15) is 5.69 Å². The fraction of sp³-hybridized carbons (Fsp3) is 0.200. The first-order chi connectivity index (χ1) is 4.11. The molecule has 0 spiro atoms. The first-order valence-electron chi connectivity index (χ1n) is 2.31. The molecule has 10 heavy (non-hydrogen) atoms. The Labute approximate surface area is 77.9 Å². The Morgan fingerprint density at radius 2 is 1.90 bits per heavy atom. The number of H-pyrrole nitrogens is 1. The zero-order valence-corrected chi connectivity index (χ0v) is 4.37. The maximum atomic E-state index is 11.6. The number of aromatic amines is 1. The molecule has 0 saturated carbocycles. The van der Waals surface area contributed by atoms with Crippen molar-refractivity contribution >= 4 is 29.6 Å². The van der Waals surface area contributed by atoms with E-state index in [1.165, 1.54) is 12.3 Å². The topological polar surface area (TPSA) is 15.8 Å². The van der Waals surface area contributed by atoms with E-state index in [4.69, 9.17) is 0 Å². The van der Waals surface area contributed by atoms with Gasteiger partial charge in [-0.15, -0.1) is 0 Å². The summed E-state index contributed by atoms with van der Waals surface area (Å²) in [5.74, 6) is 0. The van der Waals surface area contributed by atoms with Crippen LogP contribution >= 0.6 is 0 Å². The number of hydrogen-bond acceptors (Lipinski definition) is 0. The number of hydrogen-bond donors (Lipinski definition) is 1. The zero-order valence-electron chi connectivity index (χ0n) is 4.37. The van der Waals surface area contributed by atoms with Gasteiger partial charge in [-0.2, -0.15) is 13.2 Å². The molecule has 0 saturated heterocycles. The first-order valence-corrected chi connectivity index (χ1v) is 2.31. The molecule has 52 valence electrons. The van der Waals surface area contributed by atoms with Crippen molar-refractivity contribution in [3.63, 3.8) is 0 Å². The Balaban J connectivity index is 0.000000810. The van der Waals surface area contributed by atoms with Crippen LogP contribution in [0.4, 0.5) is 13.2 Å². The predicted molar refractivity (Wildman–Crippen MR) is 32.9 cm³/mol. The molecule has 5 heteroatoms. The second kappa shape index (κ2) is 3.46. The van der Waals surface area contributed by atoms with E-state index in [2.05, 4.69) is 4.98 Å². The van der Waals surface area contributed by atoms with Crippen molar-refractivity contribution in [2.75, 3.05) is 0 Å². The van der Waals surface area contributed by atoms with Gasteiger partial charge in [-0.25, -0.2) is 0 Å². The average molecular weight is 159 g/mol. The minimum atomic E-state index is -4.23.